The quantitative estimate of drug-likeness (QED) is 0.603. The molecule has 142 valence electrons. The Morgan fingerprint density at radius 2 is 1.96 bits per heavy atom. The molecule has 1 aliphatic carbocycles. The molecular weight excluding hydrogens is 334 g/mol. The zero-order valence-electron chi connectivity index (χ0n) is 15.8. The number of fused-ring (bicyclic) bond motifs is 3. The monoisotopic (exact) mass is 363 g/mol. The standard InChI is InChI=1S/C23H29N3O/c24-18(14-17-6-5-7-19(15-17)25-11-13-27)16-21-20-8-1-2-9-22(20)26-12-4-3-10-23(21)26/h3-7,10,12,15,18,25,27H,1-2,8-9,11,13-14,16,24H2. The fourth-order valence-electron chi connectivity index (χ4n) is 4.43. The molecule has 0 radical (unpaired) electrons. The fraction of sp³-hybridized carbons (Fsp3) is 0.391. The van der Waals surface area contributed by atoms with Crippen LogP contribution < -0.4 is 11.1 Å². The van der Waals surface area contributed by atoms with E-state index < -0.39 is 0 Å². The fourth-order valence-corrected chi connectivity index (χ4v) is 4.43. The van der Waals surface area contributed by atoms with Crippen LogP contribution in [-0.4, -0.2) is 28.7 Å². The molecule has 4 rings (SSSR count). The molecule has 0 saturated heterocycles. The topological polar surface area (TPSA) is 62.7 Å². The molecule has 0 amide bonds. The molecule has 0 fully saturated rings. The van der Waals surface area contributed by atoms with Gasteiger partial charge in [-0.2, -0.15) is 0 Å². The molecule has 0 bridgehead atoms. The van der Waals surface area contributed by atoms with Gasteiger partial charge in [-0.1, -0.05) is 18.2 Å². The van der Waals surface area contributed by atoms with E-state index in [0.717, 1.165) is 18.5 Å². The second kappa shape index (κ2) is 8.15. The Morgan fingerprint density at radius 3 is 2.85 bits per heavy atom. The van der Waals surface area contributed by atoms with Crippen LogP contribution in [0.5, 0.6) is 0 Å². The molecule has 2 heterocycles. The number of rotatable bonds is 7. The van der Waals surface area contributed by atoms with Gasteiger partial charge in [-0.15, -0.1) is 0 Å². The van der Waals surface area contributed by atoms with Crippen LogP contribution >= 0.6 is 0 Å². The molecule has 1 aromatic carbocycles. The number of nitrogens with zero attached hydrogens (tertiary/aromatic N) is 1. The van der Waals surface area contributed by atoms with Gasteiger partial charge in [0, 0.05) is 35.7 Å². The number of anilines is 1. The van der Waals surface area contributed by atoms with Crippen LogP contribution in [0.3, 0.4) is 0 Å². The van der Waals surface area contributed by atoms with Crippen molar-refractivity contribution in [3.05, 3.63) is 71.0 Å². The van der Waals surface area contributed by atoms with Crippen LogP contribution in [0.4, 0.5) is 5.69 Å². The third-order valence-electron chi connectivity index (χ3n) is 5.59. The van der Waals surface area contributed by atoms with Gasteiger partial charge >= 0.3 is 0 Å². The molecule has 0 saturated carbocycles. The Morgan fingerprint density at radius 1 is 1.07 bits per heavy atom. The first kappa shape index (κ1) is 18.1. The summed E-state index contributed by atoms with van der Waals surface area (Å²) < 4.78 is 2.38. The average Bonchev–Trinajstić information content (AvgIpc) is 3.01. The molecule has 1 unspecified atom stereocenters. The summed E-state index contributed by atoms with van der Waals surface area (Å²) >= 11 is 0. The van der Waals surface area contributed by atoms with E-state index in [0.29, 0.717) is 6.54 Å². The maximum absolute atomic E-state index is 8.98. The first-order valence-electron chi connectivity index (χ1n) is 10.0. The second-order valence-corrected chi connectivity index (χ2v) is 7.59. The van der Waals surface area contributed by atoms with E-state index in [4.69, 9.17) is 10.8 Å². The van der Waals surface area contributed by atoms with E-state index in [2.05, 4.69) is 52.3 Å². The maximum Gasteiger partial charge on any atom is 0.0604 e. The summed E-state index contributed by atoms with van der Waals surface area (Å²) in [6.07, 6.45) is 8.89. The Labute approximate surface area is 161 Å². The van der Waals surface area contributed by atoms with Gasteiger partial charge in [0.05, 0.1) is 6.61 Å². The van der Waals surface area contributed by atoms with E-state index in [9.17, 15) is 0 Å². The van der Waals surface area contributed by atoms with Crippen molar-refractivity contribution in [2.45, 2.75) is 44.6 Å². The largest absolute Gasteiger partial charge is 0.395 e. The van der Waals surface area contributed by atoms with Crippen LogP contribution in [0, 0.1) is 0 Å². The van der Waals surface area contributed by atoms with Gasteiger partial charge in [0.2, 0.25) is 0 Å². The lowest BCUT2D eigenvalue weighted by Crippen LogP contribution is -2.26. The van der Waals surface area contributed by atoms with E-state index in [1.54, 1.807) is 5.56 Å². The predicted octanol–water partition coefficient (Wildman–Crippen LogP) is 3.33. The predicted molar refractivity (Wildman–Crippen MR) is 111 cm³/mol. The molecule has 4 heteroatoms. The van der Waals surface area contributed by atoms with Crippen molar-refractivity contribution in [3.63, 3.8) is 0 Å². The van der Waals surface area contributed by atoms with Gasteiger partial charge in [0.1, 0.15) is 0 Å². The number of hydrogen-bond acceptors (Lipinski definition) is 3. The van der Waals surface area contributed by atoms with Crippen molar-refractivity contribution < 1.29 is 5.11 Å². The number of pyridine rings is 1. The Kier molecular flexibility index (Phi) is 5.46. The van der Waals surface area contributed by atoms with Crippen LogP contribution in [0.15, 0.2) is 48.7 Å². The van der Waals surface area contributed by atoms with E-state index in [-0.39, 0.29) is 12.6 Å². The van der Waals surface area contributed by atoms with Crippen molar-refractivity contribution in [2.24, 2.45) is 5.73 Å². The number of aromatic nitrogens is 1. The molecule has 1 aliphatic rings. The third-order valence-corrected chi connectivity index (χ3v) is 5.59. The number of aliphatic hydroxyl groups is 1. The van der Waals surface area contributed by atoms with Gasteiger partial charge in [0.15, 0.2) is 0 Å². The number of nitrogens with two attached hydrogens (primary N) is 1. The SMILES string of the molecule is NC(Cc1cccc(NCCO)c1)Cc1c2c(n3ccccc13)CCCC2. The molecule has 0 aliphatic heterocycles. The minimum Gasteiger partial charge on any atom is -0.395 e. The molecule has 1 atom stereocenters. The number of nitrogens with one attached hydrogen (secondary N) is 1. The molecule has 3 aromatic rings. The normalized spacial score (nSPS) is 14.9. The summed E-state index contributed by atoms with van der Waals surface area (Å²) in [5.74, 6) is 0. The van der Waals surface area contributed by atoms with E-state index in [1.807, 2.05) is 6.07 Å². The zero-order valence-corrected chi connectivity index (χ0v) is 15.8. The Balaban J connectivity index is 1.54. The van der Waals surface area contributed by atoms with Crippen molar-refractivity contribution in [2.75, 3.05) is 18.5 Å². The van der Waals surface area contributed by atoms with Crippen molar-refractivity contribution in [3.8, 4) is 0 Å². The van der Waals surface area contributed by atoms with Gasteiger partial charge in [-0.3, -0.25) is 0 Å². The van der Waals surface area contributed by atoms with Crippen LogP contribution in [0.2, 0.25) is 0 Å². The Hall–Kier alpha value is -2.30. The lowest BCUT2D eigenvalue weighted by atomic mass is 9.91. The van der Waals surface area contributed by atoms with Crippen LogP contribution in [0.25, 0.3) is 5.52 Å². The molecule has 4 nitrogen and oxygen atoms in total. The minimum atomic E-state index is 0.0931. The van der Waals surface area contributed by atoms with Gasteiger partial charge in [0.25, 0.3) is 0 Å². The molecule has 2 aromatic heterocycles. The molecular formula is C23H29N3O. The number of aliphatic hydroxyl groups excluding tert-OH is 1. The summed E-state index contributed by atoms with van der Waals surface area (Å²) in [4.78, 5) is 0. The molecule has 0 spiro atoms. The highest BCUT2D eigenvalue weighted by Crippen LogP contribution is 2.31. The number of hydrogen-bond donors (Lipinski definition) is 3. The summed E-state index contributed by atoms with van der Waals surface area (Å²) in [5.41, 5.74) is 14.7. The van der Waals surface area contributed by atoms with E-state index >= 15 is 0 Å². The van der Waals surface area contributed by atoms with Crippen LogP contribution in [0.1, 0.15) is 35.2 Å². The van der Waals surface area contributed by atoms with Crippen molar-refractivity contribution in [1.82, 2.24) is 4.40 Å². The summed E-state index contributed by atoms with van der Waals surface area (Å²) in [5, 5.41) is 12.2. The van der Waals surface area contributed by atoms with Gasteiger partial charge in [-0.25, -0.2) is 0 Å². The number of benzene rings is 1. The first-order valence-corrected chi connectivity index (χ1v) is 10.0. The molecule has 4 N–H and O–H groups in total. The first-order chi connectivity index (χ1) is 13.3. The Bertz CT molecular complexity index is 915. The lowest BCUT2D eigenvalue weighted by Gasteiger charge is -2.16. The maximum atomic E-state index is 8.98. The lowest BCUT2D eigenvalue weighted by molar-refractivity contribution is 0.311. The minimum absolute atomic E-state index is 0.0931. The highest BCUT2D eigenvalue weighted by Gasteiger charge is 2.21. The summed E-state index contributed by atoms with van der Waals surface area (Å²) in [6, 6.07) is 14.9. The second-order valence-electron chi connectivity index (χ2n) is 7.59. The van der Waals surface area contributed by atoms with Crippen molar-refractivity contribution >= 4 is 11.2 Å². The summed E-state index contributed by atoms with van der Waals surface area (Å²) in [7, 11) is 0. The highest BCUT2D eigenvalue weighted by atomic mass is 16.3. The summed E-state index contributed by atoms with van der Waals surface area (Å²) in [6.45, 7) is 0.703. The van der Waals surface area contributed by atoms with Crippen LogP contribution in [-0.2, 0) is 25.7 Å². The highest BCUT2D eigenvalue weighted by molar-refractivity contribution is 5.63. The van der Waals surface area contributed by atoms with Gasteiger partial charge in [-0.05, 0) is 79.5 Å². The zero-order chi connectivity index (χ0) is 18.6. The van der Waals surface area contributed by atoms with Crippen molar-refractivity contribution in [1.29, 1.82) is 0 Å². The van der Waals surface area contributed by atoms with E-state index in [1.165, 1.54) is 48.0 Å². The smallest absolute Gasteiger partial charge is 0.0604 e. The molecule has 27 heavy (non-hydrogen) atoms. The third kappa shape index (κ3) is 3.87. The average molecular weight is 364 g/mol. The van der Waals surface area contributed by atoms with Gasteiger partial charge < -0.3 is 20.6 Å². The number of aryl methyl sites for hydroxylation is 1.